The molecule has 0 saturated carbocycles. The van der Waals surface area contributed by atoms with Crippen LogP contribution in [0.1, 0.15) is 31.2 Å². The van der Waals surface area contributed by atoms with Gasteiger partial charge in [-0.05, 0) is 18.9 Å². The van der Waals surface area contributed by atoms with E-state index in [2.05, 4.69) is 15.9 Å². The Hall–Kier alpha value is -0.910. The topological polar surface area (TPSA) is 38.8 Å². The fourth-order valence-corrected chi connectivity index (χ4v) is 3.42. The molecular weight excluding hydrogens is 334 g/mol. The monoisotopic (exact) mass is 353 g/mol. The van der Waals surface area contributed by atoms with E-state index in [9.17, 15) is 4.79 Å². The van der Waals surface area contributed by atoms with Crippen LogP contribution in [0.5, 0.6) is 0 Å². The highest BCUT2D eigenvalue weighted by molar-refractivity contribution is 9.09. The van der Waals surface area contributed by atoms with Crippen molar-refractivity contribution in [2.24, 2.45) is 0 Å². The SMILES string of the molecule is O=C1N(CCCCCCBr)c2ccccc2C12OCCO2. The lowest BCUT2D eigenvalue weighted by molar-refractivity contribution is -0.180. The van der Waals surface area contributed by atoms with E-state index < -0.39 is 5.79 Å². The number of carbonyl (C=O) groups excluding carboxylic acids is 1. The zero-order valence-corrected chi connectivity index (χ0v) is 13.6. The number of hydrogen-bond donors (Lipinski definition) is 0. The van der Waals surface area contributed by atoms with Crippen molar-refractivity contribution in [1.82, 2.24) is 0 Å². The molecule has 114 valence electrons. The molecule has 1 saturated heterocycles. The van der Waals surface area contributed by atoms with E-state index in [1.54, 1.807) is 0 Å². The van der Waals surface area contributed by atoms with Gasteiger partial charge in [-0.3, -0.25) is 4.79 Å². The largest absolute Gasteiger partial charge is 0.336 e. The first kappa shape index (κ1) is 15.0. The molecule has 2 aliphatic rings. The summed E-state index contributed by atoms with van der Waals surface area (Å²) in [6.07, 6.45) is 4.50. The number of ether oxygens (including phenoxy) is 2. The van der Waals surface area contributed by atoms with Crippen LogP contribution in [-0.2, 0) is 20.1 Å². The van der Waals surface area contributed by atoms with Crippen molar-refractivity contribution in [2.75, 3.05) is 30.0 Å². The molecule has 1 aromatic rings. The summed E-state index contributed by atoms with van der Waals surface area (Å²) >= 11 is 3.44. The number of alkyl halides is 1. The second-order valence-electron chi connectivity index (χ2n) is 5.39. The van der Waals surface area contributed by atoms with Gasteiger partial charge in [0.25, 0.3) is 11.7 Å². The normalized spacial score (nSPS) is 19.5. The number of nitrogens with zero attached hydrogens (tertiary/aromatic N) is 1. The Kier molecular flexibility index (Phi) is 4.62. The Morgan fingerprint density at radius 3 is 2.57 bits per heavy atom. The molecule has 1 fully saturated rings. The van der Waals surface area contributed by atoms with Crippen LogP contribution in [0.3, 0.4) is 0 Å². The molecule has 0 aliphatic carbocycles. The molecule has 0 bridgehead atoms. The molecule has 0 radical (unpaired) electrons. The van der Waals surface area contributed by atoms with Crippen LogP contribution < -0.4 is 4.90 Å². The maximum Gasteiger partial charge on any atom is 0.292 e. The third-order valence-corrected chi connectivity index (χ3v) is 4.60. The molecule has 1 amide bonds. The van der Waals surface area contributed by atoms with Crippen LogP contribution in [-0.4, -0.2) is 31.0 Å². The first-order valence-electron chi connectivity index (χ1n) is 7.55. The summed E-state index contributed by atoms with van der Waals surface area (Å²) in [4.78, 5) is 14.6. The molecule has 1 aromatic carbocycles. The zero-order chi connectivity index (χ0) is 14.7. The van der Waals surface area contributed by atoms with Crippen molar-refractivity contribution in [3.63, 3.8) is 0 Å². The summed E-state index contributed by atoms with van der Waals surface area (Å²) in [5, 5.41) is 1.04. The van der Waals surface area contributed by atoms with Gasteiger partial charge in [0.1, 0.15) is 0 Å². The second-order valence-corrected chi connectivity index (χ2v) is 6.18. The Bertz CT molecular complexity index is 514. The van der Waals surface area contributed by atoms with Crippen molar-refractivity contribution in [1.29, 1.82) is 0 Å². The van der Waals surface area contributed by atoms with Crippen LogP contribution >= 0.6 is 15.9 Å². The molecule has 5 heteroatoms. The number of para-hydroxylation sites is 1. The van der Waals surface area contributed by atoms with Gasteiger partial charge in [-0.2, -0.15) is 0 Å². The van der Waals surface area contributed by atoms with Crippen molar-refractivity contribution in [2.45, 2.75) is 31.5 Å². The number of unbranched alkanes of at least 4 members (excludes halogenated alkanes) is 3. The number of benzene rings is 1. The minimum Gasteiger partial charge on any atom is -0.336 e. The van der Waals surface area contributed by atoms with Crippen LogP contribution in [0.4, 0.5) is 5.69 Å². The maximum absolute atomic E-state index is 12.8. The number of hydrogen-bond acceptors (Lipinski definition) is 3. The maximum atomic E-state index is 12.8. The van der Waals surface area contributed by atoms with Gasteiger partial charge in [-0.25, -0.2) is 0 Å². The number of halogens is 1. The summed E-state index contributed by atoms with van der Waals surface area (Å²) < 4.78 is 11.4. The molecule has 0 atom stereocenters. The summed E-state index contributed by atoms with van der Waals surface area (Å²) in [5.41, 5.74) is 1.79. The molecule has 2 heterocycles. The number of rotatable bonds is 6. The average Bonchev–Trinajstić information content (AvgIpc) is 3.08. The first-order valence-corrected chi connectivity index (χ1v) is 8.67. The Balaban J connectivity index is 1.74. The zero-order valence-electron chi connectivity index (χ0n) is 12.0. The Morgan fingerprint density at radius 1 is 1.10 bits per heavy atom. The predicted octanol–water partition coefficient (Wildman–Crippen LogP) is 3.19. The highest BCUT2D eigenvalue weighted by Crippen LogP contribution is 2.45. The molecule has 3 rings (SSSR count). The minimum atomic E-state index is -1.17. The third kappa shape index (κ3) is 2.62. The van der Waals surface area contributed by atoms with Crippen molar-refractivity contribution in [3.8, 4) is 0 Å². The van der Waals surface area contributed by atoms with Gasteiger partial charge < -0.3 is 14.4 Å². The van der Waals surface area contributed by atoms with Crippen LogP contribution in [0, 0.1) is 0 Å². The first-order chi connectivity index (χ1) is 10.3. The Labute approximate surface area is 133 Å². The molecule has 1 spiro atoms. The van der Waals surface area contributed by atoms with Gasteiger partial charge in [0.05, 0.1) is 18.9 Å². The van der Waals surface area contributed by atoms with E-state index in [0.717, 1.165) is 36.0 Å². The van der Waals surface area contributed by atoms with Crippen LogP contribution in [0.25, 0.3) is 0 Å². The lowest BCUT2D eigenvalue weighted by Crippen LogP contribution is -2.41. The minimum absolute atomic E-state index is 0.0679. The van der Waals surface area contributed by atoms with Crippen molar-refractivity contribution < 1.29 is 14.3 Å². The number of anilines is 1. The highest BCUT2D eigenvalue weighted by atomic mass is 79.9. The van der Waals surface area contributed by atoms with Gasteiger partial charge >= 0.3 is 0 Å². The quantitative estimate of drug-likeness (QED) is 0.582. The summed E-state index contributed by atoms with van der Waals surface area (Å²) in [7, 11) is 0. The number of amides is 1. The summed E-state index contributed by atoms with van der Waals surface area (Å²) in [6.45, 7) is 1.67. The van der Waals surface area contributed by atoms with Gasteiger partial charge in [0.15, 0.2) is 0 Å². The average molecular weight is 354 g/mol. The predicted molar refractivity (Wildman–Crippen MR) is 84.6 cm³/mol. The van der Waals surface area contributed by atoms with Crippen LogP contribution in [0.15, 0.2) is 24.3 Å². The Morgan fingerprint density at radius 2 is 1.81 bits per heavy atom. The fraction of sp³-hybridized carbons (Fsp3) is 0.562. The number of carbonyl (C=O) groups is 1. The van der Waals surface area contributed by atoms with Crippen LogP contribution in [0.2, 0.25) is 0 Å². The molecule has 0 aromatic heterocycles. The molecule has 0 unspecified atom stereocenters. The molecular formula is C16H20BrNO3. The standard InChI is InChI=1S/C16H20BrNO3/c17-9-5-1-2-6-10-18-14-8-4-3-7-13(14)16(15(18)19)20-11-12-21-16/h3-4,7-8H,1-2,5-6,9-12H2. The van der Waals surface area contributed by atoms with Gasteiger partial charge in [0.2, 0.25) is 0 Å². The van der Waals surface area contributed by atoms with Crippen molar-refractivity contribution >= 4 is 27.5 Å². The smallest absolute Gasteiger partial charge is 0.292 e. The number of fused-ring (bicyclic) bond motifs is 2. The summed E-state index contributed by atoms with van der Waals surface area (Å²) in [6, 6.07) is 7.80. The molecule has 21 heavy (non-hydrogen) atoms. The van der Waals surface area contributed by atoms with E-state index in [1.165, 1.54) is 12.8 Å². The third-order valence-electron chi connectivity index (χ3n) is 4.04. The summed E-state index contributed by atoms with van der Waals surface area (Å²) in [5.74, 6) is -1.24. The highest BCUT2D eigenvalue weighted by Gasteiger charge is 2.55. The van der Waals surface area contributed by atoms with Crippen molar-refractivity contribution in [3.05, 3.63) is 29.8 Å². The van der Waals surface area contributed by atoms with Gasteiger partial charge in [-0.15, -0.1) is 0 Å². The van der Waals surface area contributed by atoms with Gasteiger partial charge in [-0.1, -0.05) is 47.0 Å². The van der Waals surface area contributed by atoms with E-state index in [0.29, 0.717) is 13.2 Å². The fourth-order valence-electron chi connectivity index (χ4n) is 3.02. The lowest BCUT2D eigenvalue weighted by Gasteiger charge is -2.22. The van der Waals surface area contributed by atoms with E-state index in [4.69, 9.17) is 9.47 Å². The second kappa shape index (κ2) is 6.46. The lowest BCUT2D eigenvalue weighted by atomic mass is 10.1. The van der Waals surface area contributed by atoms with E-state index in [1.807, 2.05) is 29.2 Å². The van der Waals surface area contributed by atoms with E-state index in [-0.39, 0.29) is 5.91 Å². The molecule has 4 nitrogen and oxygen atoms in total. The van der Waals surface area contributed by atoms with E-state index >= 15 is 0 Å². The molecule has 2 aliphatic heterocycles. The molecule has 0 N–H and O–H groups in total. The van der Waals surface area contributed by atoms with Gasteiger partial charge in [0, 0.05) is 17.4 Å².